The van der Waals surface area contributed by atoms with Crippen molar-refractivity contribution in [1.29, 1.82) is 0 Å². The molecule has 0 spiro atoms. The molecule has 0 saturated carbocycles. The number of aromatic nitrogens is 3. The van der Waals surface area contributed by atoms with Gasteiger partial charge >= 0.3 is 0 Å². The summed E-state index contributed by atoms with van der Waals surface area (Å²) < 4.78 is 26.9. The predicted octanol–water partition coefficient (Wildman–Crippen LogP) is 2.43. The van der Waals surface area contributed by atoms with Crippen LogP contribution >= 0.6 is 12.2 Å². The highest BCUT2D eigenvalue weighted by Gasteiger charge is 2.22. The standard InChI is InChI=1S/C10H16F2N4S/c1-2-3-4-5-6-16-8(9(11)12)7(10(13)17)14-15-16/h9H,2-6H2,1H3,(H2,13,17). The van der Waals surface area contributed by atoms with Crippen LogP contribution < -0.4 is 5.73 Å². The lowest BCUT2D eigenvalue weighted by Crippen LogP contribution is -2.14. The van der Waals surface area contributed by atoms with E-state index in [9.17, 15) is 8.78 Å². The molecule has 0 aromatic carbocycles. The van der Waals surface area contributed by atoms with Gasteiger partial charge in [-0.3, -0.25) is 0 Å². The average Bonchev–Trinajstić information content (AvgIpc) is 2.68. The van der Waals surface area contributed by atoms with Crippen LogP contribution in [-0.4, -0.2) is 20.0 Å². The van der Waals surface area contributed by atoms with E-state index in [1.165, 1.54) is 4.68 Å². The number of hydrogen-bond donors (Lipinski definition) is 1. The normalized spacial score (nSPS) is 11.1. The van der Waals surface area contributed by atoms with E-state index in [2.05, 4.69) is 29.5 Å². The molecular formula is C10H16F2N4S. The molecule has 1 heterocycles. The maximum Gasteiger partial charge on any atom is 0.282 e. The van der Waals surface area contributed by atoms with Gasteiger partial charge in [0, 0.05) is 6.54 Å². The molecule has 1 aromatic heterocycles. The Morgan fingerprint density at radius 2 is 2.12 bits per heavy atom. The van der Waals surface area contributed by atoms with E-state index in [1.54, 1.807) is 0 Å². The van der Waals surface area contributed by atoms with Gasteiger partial charge in [0.1, 0.15) is 16.4 Å². The van der Waals surface area contributed by atoms with Crippen LogP contribution in [0.1, 0.15) is 50.4 Å². The molecule has 1 rings (SSSR count). The van der Waals surface area contributed by atoms with Gasteiger partial charge in [0.15, 0.2) is 0 Å². The van der Waals surface area contributed by atoms with Crippen LogP contribution in [0.15, 0.2) is 0 Å². The highest BCUT2D eigenvalue weighted by atomic mass is 32.1. The minimum absolute atomic E-state index is 0.0644. The second-order valence-electron chi connectivity index (χ2n) is 3.77. The molecular weight excluding hydrogens is 246 g/mol. The monoisotopic (exact) mass is 262 g/mol. The summed E-state index contributed by atoms with van der Waals surface area (Å²) in [6.07, 6.45) is 1.31. The summed E-state index contributed by atoms with van der Waals surface area (Å²) in [5, 5.41) is 7.28. The van der Waals surface area contributed by atoms with Crippen molar-refractivity contribution in [2.24, 2.45) is 5.73 Å². The summed E-state index contributed by atoms with van der Waals surface area (Å²) in [6, 6.07) is 0. The molecule has 0 atom stereocenters. The van der Waals surface area contributed by atoms with E-state index in [-0.39, 0.29) is 16.4 Å². The van der Waals surface area contributed by atoms with E-state index in [1.807, 2.05) is 0 Å². The molecule has 0 amide bonds. The minimum Gasteiger partial charge on any atom is -0.388 e. The van der Waals surface area contributed by atoms with Gasteiger partial charge in [0.05, 0.1) is 0 Å². The predicted molar refractivity (Wildman–Crippen MR) is 65.0 cm³/mol. The molecule has 0 fully saturated rings. The summed E-state index contributed by atoms with van der Waals surface area (Å²) in [7, 11) is 0. The minimum atomic E-state index is -2.66. The van der Waals surface area contributed by atoms with Gasteiger partial charge in [-0.2, -0.15) is 0 Å². The third-order valence-corrected chi connectivity index (χ3v) is 2.63. The van der Waals surface area contributed by atoms with Crippen molar-refractivity contribution in [2.75, 3.05) is 0 Å². The lowest BCUT2D eigenvalue weighted by Gasteiger charge is -2.06. The van der Waals surface area contributed by atoms with E-state index in [0.29, 0.717) is 6.54 Å². The molecule has 2 N–H and O–H groups in total. The van der Waals surface area contributed by atoms with Crippen molar-refractivity contribution in [2.45, 2.75) is 45.6 Å². The first-order valence-corrected chi connectivity index (χ1v) is 6.00. The highest BCUT2D eigenvalue weighted by Crippen LogP contribution is 2.21. The van der Waals surface area contributed by atoms with Crippen LogP contribution in [-0.2, 0) is 6.54 Å². The molecule has 0 aliphatic rings. The first-order valence-electron chi connectivity index (χ1n) is 5.59. The zero-order valence-corrected chi connectivity index (χ0v) is 10.5. The van der Waals surface area contributed by atoms with Crippen molar-refractivity contribution in [3.63, 3.8) is 0 Å². The first-order chi connectivity index (χ1) is 8.07. The zero-order valence-electron chi connectivity index (χ0n) is 9.70. The Balaban J connectivity index is 2.74. The Bertz CT molecular complexity index is 378. The van der Waals surface area contributed by atoms with Crippen LogP contribution in [0.25, 0.3) is 0 Å². The molecule has 0 unspecified atom stereocenters. The largest absolute Gasteiger partial charge is 0.388 e. The molecule has 0 radical (unpaired) electrons. The number of thiocarbonyl (C=S) groups is 1. The third kappa shape index (κ3) is 3.69. The second kappa shape index (κ2) is 6.58. The van der Waals surface area contributed by atoms with E-state index in [4.69, 9.17) is 5.73 Å². The van der Waals surface area contributed by atoms with Gasteiger partial charge in [-0.1, -0.05) is 43.6 Å². The van der Waals surface area contributed by atoms with Gasteiger partial charge in [0.25, 0.3) is 6.43 Å². The van der Waals surface area contributed by atoms with Gasteiger partial charge in [-0.25, -0.2) is 13.5 Å². The lowest BCUT2D eigenvalue weighted by molar-refractivity contribution is 0.138. The van der Waals surface area contributed by atoms with Crippen LogP contribution in [0.2, 0.25) is 0 Å². The van der Waals surface area contributed by atoms with Crippen molar-refractivity contribution in [3.05, 3.63) is 11.4 Å². The fraction of sp³-hybridized carbons (Fsp3) is 0.700. The highest BCUT2D eigenvalue weighted by molar-refractivity contribution is 7.80. The fourth-order valence-electron chi connectivity index (χ4n) is 1.57. The summed E-state index contributed by atoms with van der Waals surface area (Å²) >= 11 is 4.66. The number of unbranched alkanes of at least 4 members (excludes halogenated alkanes) is 3. The van der Waals surface area contributed by atoms with E-state index < -0.39 is 6.43 Å². The molecule has 4 nitrogen and oxygen atoms in total. The SMILES string of the molecule is CCCCCCn1nnc(C(N)=S)c1C(F)F. The summed E-state index contributed by atoms with van der Waals surface area (Å²) in [4.78, 5) is -0.139. The fourth-order valence-corrected chi connectivity index (χ4v) is 1.71. The number of nitrogens with zero attached hydrogens (tertiary/aromatic N) is 3. The summed E-state index contributed by atoms with van der Waals surface area (Å²) in [6.45, 7) is 2.51. The molecule has 1 aromatic rings. The molecule has 0 aliphatic heterocycles. The number of rotatable bonds is 7. The van der Waals surface area contributed by atoms with Crippen molar-refractivity contribution in [1.82, 2.24) is 15.0 Å². The van der Waals surface area contributed by atoms with E-state index >= 15 is 0 Å². The lowest BCUT2D eigenvalue weighted by atomic mass is 10.2. The van der Waals surface area contributed by atoms with Crippen LogP contribution in [0.3, 0.4) is 0 Å². The van der Waals surface area contributed by atoms with E-state index in [0.717, 1.165) is 25.7 Å². The summed E-state index contributed by atoms with van der Waals surface area (Å²) in [5.41, 5.74) is 4.99. The third-order valence-electron chi connectivity index (χ3n) is 2.44. The van der Waals surface area contributed by atoms with Gasteiger partial charge in [0.2, 0.25) is 0 Å². The number of alkyl halides is 2. The first kappa shape index (κ1) is 14.0. The van der Waals surface area contributed by atoms with Gasteiger partial charge < -0.3 is 5.73 Å². The second-order valence-corrected chi connectivity index (χ2v) is 4.21. The van der Waals surface area contributed by atoms with Crippen LogP contribution in [0.5, 0.6) is 0 Å². The van der Waals surface area contributed by atoms with Crippen molar-refractivity contribution in [3.8, 4) is 0 Å². The van der Waals surface area contributed by atoms with Gasteiger partial charge in [-0.15, -0.1) is 5.10 Å². The molecule has 17 heavy (non-hydrogen) atoms. The number of aryl methyl sites for hydroxylation is 1. The Kier molecular flexibility index (Phi) is 5.40. The molecule has 7 heteroatoms. The smallest absolute Gasteiger partial charge is 0.282 e. The molecule has 0 aliphatic carbocycles. The molecule has 0 bridgehead atoms. The average molecular weight is 262 g/mol. The summed E-state index contributed by atoms with van der Waals surface area (Å²) in [5.74, 6) is 0. The van der Waals surface area contributed by atoms with Gasteiger partial charge in [-0.05, 0) is 6.42 Å². The van der Waals surface area contributed by atoms with Crippen molar-refractivity contribution < 1.29 is 8.78 Å². The Morgan fingerprint density at radius 3 is 2.65 bits per heavy atom. The Hall–Kier alpha value is -1.11. The Labute approximate surface area is 104 Å². The number of nitrogens with two attached hydrogens (primary N) is 1. The van der Waals surface area contributed by atoms with Crippen LogP contribution in [0, 0.1) is 0 Å². The number of hydrogen-bond acceptors (Lipinski definition) is 3. The Morgan fingerprint density at radius 1 is 1.41 bits per heavy atom. The number of halogens is 2. The molecule has 0 saturated heterocycles. The topological polar surface area (TPSA) is 56.7 Å². The maximum absolute atomic E-state index is 12.8. The van der Waals surface area contributed by atoms with Crippen LogP contribution in [0.4, 0.5) is 8.78 Å². The maximum atomic E-state index is 12.8. The zero-order chi connectivity index (χ0) is 12.8. The molecule has 96 valence electrons. The quantitative estimate of drug-likeness (QED) is 0.605. The van der Waals surface area contributed by atoms with Crippen molar-refractivity contribution >= 4 is 17.2 Å².